The fourth-order valence-corrected chi connectivity index (χ4v) is 2.42. The van der Waals surface area contributed by atoms with Gasteiger partial charge in [0.15, 0.2) is 0 Å². The summed E-state index contributed by atoms with van der Waals surface area (Å²) in [7, 11) is 1.97. The molecule has 2 atom stereocenters. The molecule has 0 aromatic rings. The van der Waals surface area contributed by atoms with Gasteiger partial charge in [0.2, 0.25) is 0 Å². The van der Waals surface area contributed by atoms with E-state index in [0.717, 1.165) is 38.8 Å². The van der Waals surface area contributed by atoms with Gasteiger partial charge in [-0.25, -0.2) is 0 Å². The molecule has 0 aromatic heterocycles. The zero-order valence-electron chi connectivity index (χ0n) is 11.1. The number of hydrogen-bond donors (Lipinski definition) is 2. The minimum atomic E-state index is -0.752. The van der Waals surface area contributed by atoms with Gasteiger partial charge in [-0.1, -0.05) is 0 Å². The van der Waals surface area contributed by atoms with Crippen LogP contribution in [0.25, 0.3) is 0 Å². The van der Waals surface area contributed by atoms with Crippen LogP contribution in [0.2, 0.25) is 0 Å². The summed E-state index contributed by atoms with van der Waals surface area (Å²) in [6.45, 7) is 2.23. The first-order valence-electron chi connectivity index (χ1n) is 6.94. The number of nitrogens with one attached hydrogen (secondary N) is 1. The van der Waals surface area contributed by atoms with Gasteiger partial charge in [0.25, 0.3) is 0 Å². The molecule has 2 N–H and O–H groups in total. The summed E-state index contributed by atoms with van der Waals surface area (Å²) in [5.41, 5.74) is 0. The predicted octanol–water partition coefficient (Wildman–Crippen LogP) is 0.693. The Morgan fingerprint density at radius 2 is 2.22 bits per heavy atom. The zero-order valence-corrected chi connectivity index (χ0v) is 11.1. The van der Waals surface area contributed by atoms with Crippen molar-refractivity contribution in [1.82, 2.24) is 10.2 Å². The molecule has 1 aliphatic heterocycles. The molecule has 5 nitrogen and oxygen atoms in total. The molecule has 1 saturated carbocycles. The number of carbonyl (C=O) groups is 1. The van der Waals surface area contributed by atoms with E-state index in [4.69, 9.17) is 4.74 Å². The van der Waals surface area contributed by atoms with Gasteiger partial charge in [-0.2, -0.15) is 0 Å². The van der Waals surface area contributed by atoms with Gasteiger partial charge >= 0.3 is 5.97 Å². The summed E-state index contributed by atoms with van der Waals surface area (Å²) in [6.07, 6.45) is 5.97. The average Bonchev–Trinajstić information content (AvgIpc) is 3.13. The zero-order chi connectivity index (χ0) is 13.0. The number of aliphatic carboxylic acids is 1. The number of carboxylic acids is 1. The van der Waals surface area contributed by atoms with Gasteiger partial charge in [-0.15, -0.1) is 0 Å². The van der Waals surface area contributed by atoms with E-state index in [1.54, 1.807) is 0 Å². The van der Waals surface area contributed by atoms with E-state index >= 15 is 0 Å². The maximum atomic E-state index is 11.2. The highest BCUT2D eigenvalue weighted by atomic mass is 16.5. The predicted molar refractivity (Wildman–Crippen MR) is 68.7 cm³/mol. The van der Waals surface area contributed by atoms with Crippen molar-refractivity contribution >= 4 is 5.97 Å². The third-order valence-corrected chi connectivity index (χ3v) is 3.60. The van der Waals surface area contributed by atoms with E-state index in [2.05, 4.69) is 10.2 Å². The molecule has 5 heteroatoms. The molecule has 0 radical (unpaired) electrons. The van der Waals surface area contributed by atoms with Crippen LogP contribution in [0, 0.1) is 0 Å². The van der Waals surface area contributed by atoms with Crippen LogP contribution in [0.4, 0.5) is 0 Å². The van der Waals surface area contributed by atoms with Crippen LogP contribution in [-0.4, -0.2) is 60.9 Å². The molecule has 1 aliphatic carbocycles. The molecule has 1 heterocycles. The summed E-state index contributed by atoms with van der Waals surface area (Å²) in [6, 6.07) is -0.0310. The minimum Gasteiger partial charge on any atom is -0.480 e. The molecule has 104 valence electrons. The molecule has 0 amide bonds. The van der Waals surface area contributed by atoms with Crippen molar-refractivity contribution in [3.8, 4) is 0 Å². The average molecular weight is 256 g/mol. The van der Waals surface area contributed by atoms with Crippen LogP contribution in [0.5, 0.6) is 0 Å². The Labute approximate surface area is 108 Å². The van der Waals surface area contributed by atoms with Crippen LogP contribution in [0.1, 0.15) is 32.1 Å². The van der Waals surface area contributed by atoms with Gasteiger partial charge < -0.3 is 20.1 Å². The fraction of sp³-hybridized carbons (Fsp3) is 0.923. The Kier molecular flexibility index (Phi) is 4.97. The highest BCUT2D eigenvalue weighted by molar-refractivity contribution is 5.73. The summed E-state index contributed by atoms with van der Waals surface area (Å²) in [4.78, 5) is 13.2. The van der Waals surface area contributed by atoms with Crippen LogP contribution < -0.4 is 5.32 Å². The number of carboxylic acid groups (broad SMARTS) is 1. The van der Waals surface area contributed by atoms with Gasteiger partial charge in [-0.05, 0) is 39.2 Å². The second-order valence-corrected chi connectivity index (χ2v) is 5.54. The van der Waals surface area contributed by atoms with E-state index < -0.39 is 12.0 Å². The molecule has 0 bridgehead atoms. The number of ether oxygens (including phenoxy) is 1. The van der Waals surface area contributed by atoms with Crippen LogP contribution in [0.3, 0.4) is 0 Å². The Morgan fingerprint density at radius 1 is 1.44 bits per heavy atom. The number of likely N-dealkylation sites (N-methyl/N-ethyl adjacent to an activating group) is 1. The highest BCUT2D eigenvalue weighted by Crippen LogP contribution is 2.19. The lowest BCUT2D eigenvalue weighted by Crippen LogP contribution is -2.47. The third-order valence-electron chi connectivity index (χ3n) is 3.60. The molecule has 2 rings (SSSR count). The summed E-state index contributed by atoms with van der Waals surface area (Å²) in [5, 5.41) is 12.4. The summed E-state index contributed by atoms with van der Waals surface area (Å²) < 4.78 is 5.67. The Balaban J connectivity index is 1.72. The van der Waals surface area contributed by atoms with Crippen molar-refractivity contribution in [2.24, 2.45) is 0 Å². The summed E-state index contributed by atoms with van der Waals surface area (Å²) in [5.74, 6) is -0.752. The van der Waals surface area contributed by atoms with Gasteiger partial charge in [0.1, 0.15) is 6.04 Å². The Hall–Kier alpha value is -0.650. The van der Waals surface area contributed by atoms with Crippen LogP contribution >= 0.6 is 0 Å². The van der Waals surface area contributed by atoms with Crippen molar-refractivity contribution in [3.05, 3.63) is 0 Å². The minimum absolute atomic E-state index is 0.277. The van der Waals surface area contributed by atoms with Crippen molar-refractivity contribution in [2.45, 2.75) is 50.3 Å². The maximum Gasteiger partial charge on any atom is 0.322 e. The first-order chi connectivity index (χ1) is 8.65. The summed E-state index contributed by atoms with van der Waals surface area (Å²) >= 11 is 0. The van der Waals surface area contributed by atoms with E-state index in [1.165, 1.54) is 6.42 Å². The van der Waals surface area contributed by atoms with Crippen molar-refractivity contribution < 1.29 is 14.6 Å². The van der Waals surface area contributed by atoms with Crippen molar-refractivity contribution in [2.75, 3.05) is 26.7 Å². The second kappa shape index (κ2) is 6.50. The molecule has 0 spiro atoms. The maximum absolute atomic E-state index is 11.2. The topological polar surface area (TPSA) is 61.8 Å². The molecular weight excluding hydrogens is 232 g/mol. The lowest BCUT2D eigenvalue weighted by molar-refractivity contribution is -0.140. The highest BCUT2D eigenvalue weighted by Gasteiger charge is 2.29. The van der Waals surface area contributed by atoms with Gasteiger partial charge in [-0.3, -0.25) is 4.79 Å². The molecule has 2 fully saturated rings. The smallest absolute Gasteiger partial charge is 0.322 e. The molecule has 2 unspecified atom stereocenters. The normalized spacial score (nSPS) is 26.2. The van der Waals surface area contributed by atoms with E-state index in [-0.39, 0.29) is 6.10 Å². The molecule has 0 aromatic carbocycles. The van der Waals surface area contributed by atoms with Crippen LogP contribution in [-0.2, 0) is 9.53 Å². The lowest BCUT2D eigenvalue weighted by Gasteiger charge is -2.29. The Morgan fingerprint density at radius 3 is 2.78 bits per heavy atom. The van der Waals surface area contributed by atoms with E-state index in [9.17, 15) is 9.90 Å². The number of rotatable bonds is 7. The van der Waals surface area contributed by atoms with Crippen molar-refractivity contribution in [3.63, 3.8) is 0 Å². The first-order valence-corrected chi connectivity index (χ1v) is 6.94. The molecule has 1 saturated heterocycles. The largest absolute Gasteiger partial charge is 0.480 e. The van der Waals surface area contributed by atoms with Gasteiger partial charge in [0.05, 0.1) is 6.10 Å². The lowest BCUT2D eigenvalue weighted by atomic mass is 10.1. The first kappa shape index (κ1) is 13.8. The number of hydrogen-bond acceptors (Lipinski definition) is 4. The monoisotopic (exact) mass is 256 g/mol. The van der Waals surface area contributed by atoms with E-state index in [0.29, 0.717) is 12.6 Å². The SMILES string of the molecule is CN(CC1CCCCO1)CC(NC1CC1)C(=O)O. The Bertz CT molecular complexity index is 275. The third kappa shape index (κ3) is 4.55. The standard InChI is InChI=1S/C13H24N2O3/c1-15(8-11-4-2-3-7-18-11)9-12(13(16)17)14-10-5-6-10/h10-12,14H,2-9H2,1H3,(H,16,17). The quantitative estimate of drug-likeness (QED) is 0.702. The fourth-order valence-electron chi connectivity index (χ4n) is 2.42. The molecule has 18 heavy (non-hydrogen) atoms. The van der Waals surface area contributed by atoms with Gasteiger partial charge in [0, 0.05) is 25.7 Å². The van der Waals surface area contributed by atoms with E-state index in [1.807, 2.05) is 7.05 Å². The molecule has 2 aliphatic rings. The number of nitrogens with zero attached hydrogens (tertiary/aromatic N) is 1. The molecular formula is C13H24N2O3. The van der Waals surface area contributed by atoms with Crippen LogP contribution in [0.15, 0.2) is 0 Å². The second-order valence-electron chi connectivity index (χ2n) is 5.54. The van der Waals surface area contributed by atoms with Crippen molar-refractivity contribution in [1.29, 1.82) is 0 Å².